The standard InChI is InChI=1S/C13H18N2O/c14-9-8-11-6-7-13(10-15-11)16-12-4-2-1-3-5-12/h2,4,6-7,10,12H,1,3,5,8-9,14H2. The van der Waals surface area contributed by atoms with Gasteiger partial charge in [-0.15, -0.1) is 0 Å². The van der Waals surface area contributed by atoms with Crippen LogP contribution in [0.15, 0.2) is 30.5 Å². The number of rotatable bonds is 4. The summed E-state index contributed by atoms with van der Waals surface area (Å²) in [6, 6.07) is 3.95. The molecule has 1 heterocycles. The van der Waals surface area contributed by atoms with Crippen molar-refractivity contribution in [2.24, 2.45) is 5.73 Å². The topological polar surface area (TPSA) is 48.1 Å². The quantitative estimate of drug-likeness (QED) is 0.787. The van der Waals surface area contributed by atoms with Crippen LogP contribution in [0.2, 0.25) is 0 Å². The molecule has 0 radical (unpaired) electrons. The van der Waals surface area contributed by atoms with Crippen LogP contribution in [0.3, 0.4) is 0 Å². The summed E-state index contributed by atoms with van der Waals surface area (Å²) in [7, 11) is 0. The van der Waals surface area contributed by atoms with E-state index in [0.29, 0.717) is 6.54 Å². The summed E-state index contributed by atoms with van der Waals surface area (Å²) >= 11 is 0. The highest BCUT2D eigenvalue weighted by Gasteiger charge is 2.09. The van der Waals surface area contributed by atoms with Crippen LogP contribution in [0.5, 0.6) is 5.75 Å². The molecule has 16 heavy (non-hydrogen) atoms. The predicted molar refractivity (Wildman–Crippen MR) is 64.4 cm³/mol. The molecule has 0 saturated heterocycles. The molecule has 0 fully saturated rings. The third-order valence-electron chi connectivity index (χ3n) is 2.70. The Morgan fingerprint density at radius 3 is 3.00 bits per heavy atom. The maximum Gasteiger partial charge on any atom is 0.138 e. The maximum absolute atomic E-state index is 5.81. The molecule has 3 heteroatoms. The van der Waals surface area contributed by atoms with Crippen molar-refractivity contribution in [2.75, 3.05) is 6.54 Å². The molecule has 2 rings (SSSR count). The maximum atomic E-state index is 5.81. The molecule has 0 saturated carbocycles. The lowest BCUT2D eigenvalue weighted by Crippen LogP contribution is -2.15. The minimum absolute atomic E-state index is 0.218. The first-order chi connectivity index (χ1) is 7.88. The number of nitrogens with zero attached hydrogens (tertiary/aromatic N) is 1. The molecule has 86 valence electrons. The molecule has 1 unspecified atom stereocenters. The van der Waals surface area contributed by atoms with E-state index < -0.39 is 0 Å². The van der Waals surface area contributed by atoms with E-state index in [1.54, 1.807) is 6.20 Å². The first-order valence-corrected chi connectivity index (χ1v) is 5.87. The summed E-state index contributed by atoms with van der Waals surface area (Å²) in [5.41, 5.74) is 6.49. The number of ether oxygens (including phenoxy) is 1. The second-order valence-electron chi connectivity index (χ2n) is 4.04. The van der Waals surface area contributed by atoms with E-state index in [1.165, 1.54) is 12.8 Å². The average molecular weight is 218 g/mol. The molecule has 1 aromatic rings. The molecule has 0 spiro atoms. The zero-order valence-corrected chi connectivity index (χ0v) is 9.43. The van der Waals surface area contributed by atoms with Crippen LogP contribution in [0.1, 0.15) is 25.0 Å². The Balaban J connectivity index is 1.93. The lowest BCUT2D eigenvalue weighted by molar-refractivity contribution is 0.229. The average Bonchev–Trinajstić information content (AvgIpc) is 2.33. The number of hydrogen-bond donors (Lipinski definition) is 1. The van der Waals surface area contributed by atoms with Crippen molar-refractivity contribution >= 4 is 0 Å². The van der Waals surface area contributed by atoms with Crippen LogP contribution < -0.4 is 10.5 Å². The van der Waals surface area contributed by atoms with Gasteiger partial charge in [0.25, 0.3) is 0 Å². The van der Waals surface area contributed by atoms with Gasteiger partial charge in [0.2, 0.25) is 0 Å². The van der Waals surface area contributed by atoms with Crippen LogP contribution in [0.4, 0.5) is 0 Å². The summed E-state index contributed by atoms with van der Waals surface area (Å²) in [5, 5.41) is 0. The van der Waals surface area contributed by atoms with Gasteiger partial charge in [0.15, 0.2) is 0 Å². The molecule has 1 atom stereocenters. The van der Waals surface area contributed by atoms with Crippen molar-refractivity contribution in [3.63, 3.8) is 0 Å². The molecule has 1 aliphatic carbocycles. The summed E-state index contributed by atoms with van der Waals surface area (Å²) < 4.78 is 5.81. The highest BCUT2D eigenvalue weighted by Crippen LogP contribution is 2.18. The van der Waals surface area contributed by atoms with Gasteiger partial charge in [-0.05, 0) is 44.0 Å². The van der Waals surface area contributed by atoms with Gasteiger partial charge in [-0.1, -0.05) is 6.08 Å². The highest BCUT2D eigenvalue weighted by molar-refractivity contribution is 5.21. The fourth-order valence-corrected chi connectivity index (χ4v) is 1.83. The summed E-state index contributed by atoms with van der Waals surface area (Å²) in [4.78, 5) is 4.30. The highest BCUT2D eigenvalue weighted by atomic mass is 16.5. The Hall–Kier alpha value is -1.35. The number of allylic oxidation sites excluding steroid dienone is 1. The van der Waals surface area contributed by atoms with Crippen LogP contribution in [-0.2, 0) is 6.42 Å². The van der Waals surface area contributed by atoms with Crippen LogP contribution in [0.25, 0.3) is 0 Å². The molecular weight excluding hydrogens is 200 g/mol. The van der Waals surface area contributed by atoms with Crippen LogP contribution >= 0.6 is 0 Å². The number of pyridine rings is 1. The van der Waals surface area contributed by atoms with Gasteiger partial charge in [-0.25, -0.2) is 0 Å². The van der Waals surface area contributed by atoms with Crippen molar-refractivity contribution in [3.8, 4) is 5.75 Å². The Morgan fingerprint density at radius 1 is 1.44 bits per heavy atom. The fraction of sp³-hybridized carbons (Fsp3) is 0.462. The fourth-order valence-electron chi connectivity index (χ4n) is 1.83. The smallest absolute Gasteiger partial charge is 0.138 e. The summed E-state index contributed by atoms with van der Waals surface area (Å²) in [6.45, 7) is 0.637. The largest absolute Gasteiger partial charge is 0.485 e. The van der Waals surface area contributed by atoms with Crippen LogP contribution in [0, 0.1) is 0 Å². The van der Waals surface area contributed by atoms with Crippen molar-refractivity contribution < 1.29 is 4.74 Å². The van der Waals surface area contributed by atoms with Crippen molar-refractivity contribution in [1.82, 2.24) is 4.98 Å². The third-order valence-corrected chi connectivity index (χ3v) is 2.70. The van der Waals surface area contributed by atoms with Crippen molar-refractivity contribution in [3.05, 3.63) is 36.2 Å². The zero-order chi connectivity index (χ0) is 11.2. The molecule has 0 bridgehead atoms. The molecule has 1 aliphatic rings. The number of nitrogens with two attached hydrogens (primary N) is 1. The molecule has 0 aliphatic heterocycles. The van der Waals surface area contributed by atoms with Gasteiger partial charge in [0.05, 0.1) is 6.20 Å². The molecular formula is C13H18N2O. The lowest BCUT2D eigenvalue weighted by Gasteiger charge is -2.18. The van der Waals surface area contributed by atoms with Gasteiger partial charge in [0, 0.05) is 12.1 Å². The zero-order valence-electron chi connectivity index (χ0n) is 9.43. The molecule has 2 N–H and O–H groups in total. The van der Waals surface area contributed by atoms with E-state index in [0.717, 1.165) is 24.3 Å². The molecule has 1 aromatic heterocycles. The Bertz CT molecular complexity index is 345. The van der Waals surface area contributed by atoms with E-state index in [1.807, 2.05) is 12.1 Å². The van der Waals surface area contributed by atoms with Crippen molar-refractivity contribution in [1.29, 1.82) is 0 Å². The molecule has 0 aromatic carbocycles. The van der Waals surface area contributed by atoms with E-state index in [2.05, 4.69) is 17.1 Å². The first-order valence-electron chi connectivity index (χ1n) is 5.87. The minimum Gasteiger partial charge on any atom is -0.485 e. The summed E-state index contributed by atoms with van der Waals surface area (Å²) in [6.07, 6.45) is 10.6. The van der Waals surface area contributed by atoms with E-state index in [-0.39, 0.29) is 6.10 Å². The number of aromatic nitrogens is 1. The monoisotopic (exact) mass is 218 g/mol. The Labute approximate surface area is 96.3 Å². The predicted octanol–water partition coefficient (Wildman–Crippen LogP) is 2.07. The van der Waals surface area contributed by atoms with Crippen LogP contribution in [-0.4, -0.2) is 17.6 Å². The second kappa shape index (κ2) is 5.66. The SMILES string of the molecule is NCCc1ccc(OC2C=CCCC2)cn1. The lowest BCUT2D eigenvalue weighted by atomic mass is 10.1. The van der Waals surface area contributed by atoms with Gasteiger partial charge in [0.1, 0.15) is 11.9 Å². The van der Waals surface area contributed by atoms with Gasteiger partial charge in [-0.2, -0.15) is 0 Å². The van der Waals surface area contributed by atoms with Gasteiger partial charge in [-0.3, -0.25) is 4.98 Å². The first kappa shape index (κ1) is 11.1. The normalized spacial score (nSPS) is 19.7. The molecule has 0 amide bonds. The minimum atomic E-state index is 0.218. The van der Waals surface area contributed by atoms with E-state index in [4.69, 9.17) is 10.5 Å². The molecule has 3 nitrogen and oxygen atoms in total. The Kier molecular flexibility index (Phi) is 3.94. The van der Waals surface area contributed by atoms with E-state index in [9.17, 15) is 0 Å². The van der Waals surface area contributed by atoms with Gasteiger partial charge >= 0.3 is 0 Å². The second-order valence-corrected chi connectivity index (χ2v) is 4.04. The van der Waals surface area contributed by atoms with E-state index >= 15 is 0 Å². The van der Waals surface area contributed by atoms with Crippen molar-refractivity contribution in [2.45, 2.75) is 31.8 Å². The Morgan fingerprint density at radius 2 is 2.38 bits per heavy atom. The summed E-state index contributed by atoms with van der Waals surface area (Å²) in [5.74, 6) is 0.845. The third kappa shape index (κ3) is 3.07. The van der Waals surface area contributed by atoms with Gasteiger partial charge < -0.3 is 10.5 Å². The number of hydrogen-bond acceptors (Lipinski definition) is 3.